The molecule has 2 heterocycles. The summed E-state index contributed by atoms with van der Waals surface area (Å²) in [6, 6.07) is 7.74. The van der Waals surface area contributed by atoms with Crippen molar-refractivity contribution >= 4 is 23.5 Å². The van der Waals surface area contributed by atoms with E-state index >= 15 is 0 Å². The zero-order valence-corrected chi connectivity index (χ0v) is 19.6. The Morgan fingerprint density at radius 1 is 1.23 bits per heavy atom. The van der Waals surface area contributed by atoms with E-state index < -0.39 is 23.5 Å². The van der Waals surface area contributed by atoms with Crippen LogP contribution < -0.4 is 10.5 Å². The zero-order chi connectivity index (χ0) is 25.4. The minimum absolute atomic E-state index is 0.0237. The summed E-state index contributed by atoms with van der Waals surface area (Å²) >= 11 is 6.68. The van der Waals surface area contributed by atoms with Crippen LogP contribution >= 0.6 is 11.6 Å². The second-order valence-corrected chi connectivity index (χ2v) is 9.16. The molecule has 2 aromatic carbocycles. The normalized spacial score (nSPS) is 21.7. The number of nitrogens with zero attached hydrogens (tertiary/aromatic N) is 2. The predicted octanol–water partition coefficient (Wildman–Crippen LogP) is 4.91. The quantitative estimate of drug-likeness (QED) is 0.576. The summed E-state index contributed by atoms with van der Waals surface area (Å²) in [6.45, 7) is 2.82. The molecule has 2 aliphatic rings. The van der Waals surface area contributed by atoms with Crippen LogP contribution in [0.4, 0.5) is 17.6 Å². The van der Waals surface area contributed by atoms with Crippen LogP contribution in [-0.2, 0) is 21.5 Å². The molecular weight excluding hydrogens is 490 g/mol. The average Bonchev–Trinajstić information content (AvgIpc) is 2.76. The van der Waals surface area contributed by atoms with Crippen LogP contribution in [0.1, 0.15) is 42.9 Å². The zero-order valence-electron chi connectivity index (χ0n) is 18.9. The smallest absolute Gasteiger partial charge is 0.406 e. The number of amides is 1. The molecule has 1 atom stereocenters. The highest BCUT2D eigenvalue weighted by molar-refractivity contribution is 6.32. The molecule has 1 amide bonds. The van der Waals surface area contributed by atoms with Crippen LogP contribution in [0.2, 0.25) is 5.02 Å². The first-order valence-corrected chi connectivity index (χ1v) is 11.4. The number of aliphatic imine (C=N–C) groups is 1. The number of ether oxygens (including phenoxy) is 2. The molecule has 0 aliphatic carbocycles. The molecule has 0 saturated carbocycles. The Morgan fingerprint density at radius 3 is 2.60 bits per heavy atom. The highest BCUT2D eigenvalue weighted by atomic mass is 35.5. The van der Waals surface area contributed by atoms with Gasteiger partial charge in [-0.3, -0.25) is 9.69 Å². The van der Waals surface area contributed by atoms with Crippen molar-refractivity contribution in [2.75, 3.05) is 13.2 Å². The van der Waals surface area contributed by atoms with Crippen LogP contribution in [0.15, 0.2) is 41.4 Å². The highest BCUT2D eigenvalue weighted by Gasteiger charge is 2.41. The van der Waals surface area contributed by atoms with E-state index in [9.17, 15) is 22.4 Å². The summed E-state index contributed by atoms with van der Waals surface area (Å²) in [4.78, 5) is 19.2. The molecule has 0 aromatic heterocycles. The van der Waals surface area contributed by atoms with Gasteiger partial charge < -0.3 is 15.2 Å². The molecule has 2 N–H and O–H groups in total. The molecule has 1 fully saturated rings. The average molecular weight is 514 g/mol. The molecule has 6 nitrogen and oxygen atoms in total. The van der Waals surface area contributed by atoms with Gasteiger partial charge >= 0.3 is 6.36 Å². The Bertz CT molecular complexity index is 1150. The Labute approximate surface area is 204 Å². The Balaban J connectivity index is 1.63. The van der Waals surface area contributed by atoms with Gasteiger partial charge in [-0.15, -0.1) is 13.2 Å². The third-order valence-electron chi connectivity index (χ3n) is 6.22. The summed E-state index contributed by atoms with van der Waals surface area (Å²) in [5, 5.41) is 0.236. The largest absolute Gasteiger partial charge is 0.573 e. The van der Waals surface area contributed by atoms with E-state index in [4.69, 9.17) is 22.1 Å². The lowest BCUT2D eigenvalue weighted by Gasteiger charge is -2.40. The van der Waals surface area contributed by atoms with Gasteiger partial charge in [-0.2, -0.15) is 0 Å². The van der Waals surface area contributed by atoms with E-state index in [1.54, 1.807) is 25.1 Å². The monoisotopic (exact) mass is 513 g/mol. The highest BCUT2D eigenvalue weighted by Crippen LogP contribution is 2.40. The van der Waals surface area contributed by atoms with Gasteiger partial charge in [0.05, 0.1) is 12.0 Å². The fraction of sp³-hybridized carbons (Fsp3) is 0.417. The third-order valence-corrected chi connectivity index (χ3v) is 6.67. The van der Waals surface area contributed by atoms with E-state index in [2.05, 4.69) is 9.73 Å². The molecule has 11 heteroatoms. The maximum absolute atomic E-state index is 14.4. The third kappa shape index (κ3) is 5.54. The molecule has 35 heavy (non-hydrogen) atoms. The van der Waals surface area contributed by atoms with Gasteiger partial charge in [0, 0.05) is 30.7 Å². The molecule has 0 radical (unpaired) electrons. The number of guanidine groups is 1. The second-order valence-electron chi connectivity index (χ2n) is 8.78. The maximum Gasteiger partial charge on any atom is 0.573 e. The van der Waals surface area contributed by atoms with Gasteiger partial charge in [0.15, 0.2) is 5.96 Å². The number of halogens is 5. The van der Waals surface area contributed by atoms with Crippen molar-refractivity contribution in [3.05, 3.63) is 63.9 Å². The minimum Gasteiger partial charge on any atom is -0.406 e. The van der Waals surface area contributed by atoms with Gasteiger partial charge in [-0.25, -0.2) is 9.38 Å². The molecule has 0 bridgehead atoms. The van der Waals surface area contributed by atoms with Gasteiger partial charge in [0.2, 0.25) is 5.91 Å². The Morgan fingerprint density at radius 2 is 1.94 bits per heavy atom. The number of carbonyl (C=O) groups excluding carboxylic acids is 1. The first-order valence-electron chi connectivity index (χ1n) is 11.0. The number of nitrogens with two attached hydrogens (primary N) is 1. The van der Waals surface area contributed by atoms with Crippen LogP contribution in [0.25, 0.3) is 0 Å². The topological polar surface area (TPSA) is 77.1 Å². The lowest BCUT2D eigenvalue weighted by Crippen LogP contribution is -2.55. The van der Waals surface area contributed by atoms with Crippen molar-refractivity contribution in [2.45, 2.75) is 50.6 Å². The lowest BCUT2D eigenvalue weighted by molar-refractivity contribution is -0.274. The van der Waals surface area contributed by atoms with Gasteiger partial charge in [-0.1, -0.05) is 29.8 Å². The van der Waals surface area contributed by atoms with E-state index in [1.165, 1.54) is 4.90 Å². The number of rotatable bonds is 5. The van der Waals surface area contributed by atoms with Gasteiger partial charge in [0.1, 0.15) is 11.6 Å². The lowest BCUT2D eigenvalue weighted by atomic mass is 9.85. The van der Waals surface area contributed by atoms with E-state index in [0.29, 0.717) is 37.2 Å². The summed E-state index contributed by atoms with van der Waals surface area (Å²) in [6.07, 6.45) is -3.64. The Hall–Kier alpha value is -2.85. The van der Waals surface area contributed by atoms with Crippen molar-refractivity contribution in [1.29, 1.82) is 0 Å². The van der Waals surface area contributed by atoms with Crippen molar-refractivity contribution in [3.8, 4) is 5.75 Å². The van der Waals surface area contributed by atoms with Gasteiger partial charge in [-0.05, 0) is 54.7 Å². The maximum atomic E-state index is 14.4. The second kappa shape index (κ2) is 9.66. The van der Waals surface area contributed by atoms with Crippen LogP contribution in [-0.4, -0.2) is 42.4 Å². The molecule has 0 spiro atoms. The predicted molar refractivity (Wildman–Crippen MR) is 122 cm³/mol. The first kappa shape index (κ1) is 25.2. The fourth-order valence-corrected chi connectivity index (χ4v) is 4.96. The van der Waals surface area contributed by atoms with Crippen molar-refractivity contribution < 1.29 is 31.8 Å². The molecular formula is C24H24ClF4N3O3. The number of carbonyl (C=O) groups is 1. The van der Waals surface area contributed by atoms with E-state index in [1.807, 2.05) is 0 Å². The number of benzene rings is 2. The van der Waals surface area contributed by atoms with Crippen LogP contribution in [0, 0.1) is 5.82 Å². The SMILES string of the molecule is C[C@@]1(c2cccc(Cc3cc(OC(F)(F)F)ccc3F)c2Cl)CC(=O)N(C2CCOCC2)C(N)=N1. The van der Waals surface area contributed by atoms with Crippen molar-refractivity contribution in [3.63, 3.8) is 0 Å². The number of alkyl halides is 3. The minimum atomic E-state index is -4.90. The first-order chi connectivity index (χ1) is 16.5. The van der Waals surface area contributed by atoms with Crippen LogP contribution in [0.3, 0.4) is 0 Å². The summed E-state index contributed by atoms with van der Waals surface area (Å²) in [7, 11) is 0. The number of hydrogen-bond acceptors (Lipinski definition) is 5. The molecule has 0 unspecified atom stereocenters. The van der Waals surface area contributed by atoms with E-state index in [-0.39, 0.29) is 41.3 Å². The fourth-order valence-electron chi connectivity index (χ4n) is 4.56. The van der Waals surface area contributed by atoms with Crippen LogP contribution in [0.5, 0.6) is 5.75 Å². The molecule has 2 aliphatic heterocycles. The summed E-state index contributed by atoms with van der Waals surface area (Å²) in [5.41, 5.74) is 6.12. The molecule has 2 aromatic rings. The molecule has 1 saturated heterocycles. The molecule has 188 valence electrons. The molecule has 4 rings (SSSR count). The standard InChI is InChI=1S/C24H24ClF4N3O3/c1-23(13-20(33)32(22(30)31-23)16-7-9-34-10-8-16)18-4-2-3-14(21(18)25)11-15-12-17(5-6-19(15)26)35-24(27,28)29/h2-6,12,16H,7-11,13H2,1H3,(H2,30,31)/t23-/m0/s1. The van der Waals surface area contributed by atoms with E-state index in [0.717, 1.165) is 18.2 Å². The Kier molecular flexibility index (Phi) is 6.97. The summed E-state index contributed by atoms with van der Waals surface area (Å²) < 4.78 is 61.4. The van der Waals surface area contributed by atoms with Crippen molar-refractivity contribution in [1.82, 2.24) is 4.90 Å². The number of hydrogen-bond donors (Lipinski definition) is 1. The van der Waals surface area contributed by atoms with Crippen molar-refractivity contribution in [2.24, 2.45) is 10.7 Å². The summed E-state index contributed by atoms with van der Waals surface area (Å²) in [5.74, 6) is -1.32. The van der Waals surface area contributed by atoms with Gasteiger partial charge in [0.25, 0.3) is 0 Å².